The average molecular weight is 155 g/mol. The maximum atomic E-state index is 10.7. The number of primary amides is 1. The van der Waals surface area contributed by atoms with E-state index in [9.17, 15) is 4.79 Å². The Morgan fingerprint density at radius 3 is 2.27 bits per heavy atom. The molecule has 0 aromatic heterocycles. The molecule has 2 saturated heterocycles. The molecule has 4 nitrogen and oxygen atoms in total. The Hall–Kier alpha value is -0.770. The van der Waals surface area contributed by atoms with Gasteiger partial charge >= 0.3 is 6.03 Å². The first-order chi connectivity index (χ1) is 5.18. The van der Waals surface area contributed by atoms with Crippen LogP contribution in [-0.4, -0.2) is 30.1 Å². The van der Waals surface area contributed by atoms with Gasteiger partial charge < -0.3 is 16.4 Å². The van der Waals surface area contributed by atoms with Crippen LogP contribution in [0, 0.1) is 11.8 Å². The fourth-order valence-electron chi connectivity index (χ4n) is 2.11. The van der Waals surface area contributed by atoms with Crippen LogP contribution >= 0.6 is 0 Å². The molecule has 2 heterocycles. The molecule has 2 atom stereocenters. The van der Waals surface area contributed by atoms with Gasteiger partial charge in [-0.2, -0.15) is 0 Å². The molecule has 3 aliphatic rings. The molecule has 62 valence electrons. The molecule has 2 bridgehead atoms. The van der Waals surface area contributed by atoms with E-state index in [-0.39, 0.29) is 6.03 Å². The highest BCUT2D eigenvalue weighted by Gasteiger charge is 2.45. The second kappa shape index (κ2) is 2.11. The van der Waals surface area contributed by atoms with E-state index in [1.807, 2.05) is 0 Å². The Morgan fingerprint density at radius 2 is 1.91 bits per heavy atom. The first kappa shape index (κ1) is 6.91. The zero-order chi connectivity index (χ0) is 8.01. The summed E-state index contributed by atoms with van der Waals surface area (Å²) in [7, 11) is 0. The monoisotopic (exact) mass is 155 g/mol. The zero-order valence-corrected chi connectivity index (χ0v) is 6.36. The number of nitrogens with two attached hydrogens (primary N) is 2. The van der Waals surface area contributed by atoms with E-state index in [2.05, 4.69) is 0 Å². The number of fused-ring (bicyclic) bond motifs is 2. The number of amides is 2. The molecule has 3 fully saturated rings. The summed E-state index contributed by atoms with van der Waals surface area (Å²) in [4.78, 5) is 12.4. The fourth-order valence-corrected chi connectivity index (χ4v) is 2.11. The lowest BCUT2D eigenvalue weighted by Crippen LogP contribution is -2.63. The largest absolute Gasteiger partial charge is 0.351 e. The maximum Gasteiger partial charge on any atom is 0.314 e. The molecule has 4 N–H and O–H groups in total. The van der Waals surface area contributed by atoms with Gasteiger partial charge in [0.2, 0.25) is 0 Å². The van der Waals surface area contributed by atoms with E-state index in [1.165, 1.54) is 6.42 Å². The number of carbonyl (C=O) groups is 1. The summed E-state index contributed by atoms with van der Waals surface area (Å²) in [5, 5.41) is 0. The number of rotatable bonds is 0. The third-order valence-corrected chi connectivity index (χ3v) is 2.92. The predicted octanol–water partition coefficient (Wildman–Crippen LogP) is -0.656. The first-order valence-electron chi connectivity index (χ1n) is 3.98. The van der Waals surface area contributed by atoms with Gasteiger partial charge in [-0.25, -0.2) is 4.79 Å². The smallest absolute Gasteiger partial charge is 0.314 e. The van der Waals surface area contributed by atoms with Gasteiger partial charge in [0.25, 0.3) is 0 Å². The molecule has 0 spiro atoms. The molecule has 3 rings (SSSR count). The minimum Gasteiger partial charge on any atom is -0.351 e. The lowest BCUT2D eigenvalue weighted by atomic mass is 9.67. The van der Waals surface area contributed by atoms with E-state index in [4.69, 9.17) is 11.5 Å². The molecular formula is C7H13N3O. The minimum absolute atomic E-state index is 0.299. The van der Waals surface area contributed by atoms with E-state index in [1.54, 1.807) is 4.90 Å². The first-order valence-corrected chi connectivity index (χ1v) is 3.98. The van der Waals surface area contributed by atoms with Crippen LogP contribution in [0.1, 0.15) is 6.42 Å². The van der Waals surface area contributed by atoms with Crippen molar-refractivity contribution in [3.05, 3.63) is 0 Å². The number of hydrogen-bond donors (Lipinski definition) is 2. The van der Waals surface area contributed by atoms with Crippen molar-refractivity contribution in [2.45, 2.75) is 12.5 Å². The predicted molar refractivity (Wildman–Crippen MR) is 40.7 cm³/mol. The van der Waals surface area contributed by atoms with Gasteiger partial charge in [-0.05, 0) is 18.3 Å². The second-order valence-electron chi connectivity index (χ2n) is 3.58. The molecule has 11 heavy (non-hydrogen) atoms. The van der Waals surface area contributed by atoms with Gasteiger partial charge in [-0.15, -0.1) is 0 Å². The highest BCUT2D eigenvalue weighted by Crippen LogP contribution is 2.38. The molecule has 2 amide bonds. The van der Waals surface area contributed by atoms with Crippen LogP contribution in [0.3, 0.4) is 0 Å². The van der Waals surface area contributed by atoms with Crippen molar-refractivity contribution in [2.24, 2.45) is 23.3 Å². The minimum atomic E-state index is -0.299. The van der Waals surface area contributed by atoms with Crippen molar-refractivity contribution in [3.8, 4) is 0 Å². The standard InChI is InChI=1S/C7H13N3O/c8-6-4-1-5(6)3-10(2-4)7(9)11/h4-6H,1-3,8H2,(H2,9,11). The topological polar surface area (TPSA) is 72.4 Å². The Balaban J connectivity index is 1.99. The van der Waals surface area contributed by atoms with Gasteiger partial charge in [-0.1, -0.05) is 0 Å². The Labute approximate surface area is 65.5 Å². The number of piperidine rings is 2. The lowest BCUT2D eigenvalue weighted by Gasteiger charge is -2.51. The number of urea groups is 1. The average Bonchev–Trinajstić information content (AvgIpc) is 2.03. The molecule has 1 saturated carbocycles. The van der Waals surface area contributed by atoms with Crippen LogP contribution in [0.5, 0.6) is 0 Å². The summed E-state index contributed by atoms with van der Waals surface area (Å²) in [6.07, 6.45) is 1.19. The van der Waals surface area contributed by atoms with E-state index in [0.717, 1.165) is 13.1 Å². The van der Waals surface area contributed by atoms with Crippen LogP contribution in [0.15, 0.2) is 0 Å². The molecule has 0 aromatic carbocycles. The van der Waals surface area contributed by atoms with Crippen molar-refractivity contribution < 1.29 is 4.79 Å². The zero-order valence-electron chi connectivity index (χ0n) is 6.36. The van der Waals surface area contributed by atoms with Crippen LogP contribution < -0.4 is 11.5 Å². The summed E-state index contributed by atoms with van der Waals surface area (Å²) in [5.41, 5.74) is 11.0. The van der Waals surface area contributed by atoms with Crippen molar-refractivity contribution in [1.82, 2.24) is 4.90 Å². The summed E-state index contributed by atoms with van der Waals surface area (Å²) in [5.74, 6) is 1.03. The molecule has 0 aromatic rings. The van der Waals surface area contributed by atoms with Gasteiger partial charge in [0.05, 0.1) is 0 Å². The van der Waals surface area contributed by atoms with Crippen molar-refractivity contribution >= 4 is 6.03 Å². The van der Waals surface area contributed by atoms with Crippen LogP contribution in [0.4, 0.5) is 4.79 Å². The number of hydrogen-bond acceptors (Lipinski definition) is 2. The third-order valence-electron chi connectivity index (χ3n) is 2.92. The van der Waals surface area contributed by atoms with E-state index < -0.39 is 0 Å². The van der Waals surface area contributed by atoms with Crippen molar-refractivity contribution in [3.63, 3.8) is 0 Å². The SMILES string of the molecule is NC(=O)N1CC2CC(C1)C2N. The summed E-state index contributed by atoms with van der Waals surface area (Å²) in [6, 6.07) is 0.0252. The van der Waals surface area contributed by atoms with E-state index in [0.29, 0.717) is 17.9 Å². The van der Waals surface area contributed by atoms with Crippen LogP contribution in [0.25, 0.3) is 0 Å². The molecule has 0 radical (unpaired) electrons. The van der Waals surface area contributed by atoms with Gasteiger partial charge in [-0.3, -0.25) is 0 Å². The normalized spacial score (nSPS) is 41.5. The molecule has 4 heteroatoms. The van der Waals surface area contributed by atoms with Gasteiger partial charge in [0.1, 0.15) is 0 Å². The molecule has 1 aliphatic carbocycles. The highest BCUT2D eigenvalue weighted by atomic mass is 16.2. The summed E-state index contributed by atoms with van der Waals surface area (Å²) in [6.45, 7) is 1.54. The second-order valence-corrected chi connectivity index (χ2v) is 3.58. The summed E-state index contributed by atoms with van der Waals surface area (Å²) >= 11 is 0. The quantitative estimate of drug-likeness (QED) is 0.487. The molecular weight excluding hydrogens is 142 g/mol. The fraction of sp³-hybridized carbons (Fsp3) is 0.857. The van der Waals surface area contributed by atoms with Gasteiger partial charge in [0, 0.05) is 19.1 Å². The van der Waals surface area contributed by atoms with Crippen LogP contribution in [-0.2, 0) is 0 Å². The molecule has 2 aliphatic heterocycles. The Bertz CT molecular complexity index is 182. The van der Waals surface area contributed by atoms with Crippen LogP contribution in [0.2, 0.25) is 0 Å². The highest BCUT2D eigenvalue weighted by molar-refractivity contribution is 5.72. The molecule has 2 unspecified atom stereocenters. The third kappa shape index (κ3) is 0.894. The van der Waals surface area contributed by atoms with E-state index >= 15 is 0 Å². The van der Waals surface area contributed by atoms with Crippen molar-refractivity contribution in [1.29, 1.82) is 0 Å². The maximum absolute atomic E-state index is 10.7. The van der Waals surface area contributed by atoms with Crippen molar-refractivity contribution in [2.75, 3.05) is 13.1 Å². The number of carbonyl (C=O) groups excluding carboxylic acids is 1. The Kier molecular flexibility index (Phi) is 1.32. The number of nitrogens with zero attached hydrogens (tertiary/aromatic N) is 1. The van der Waals surface area contributed by atoms with Gasteiger partial charge in [0.15, 0.2) is 0 Å². The summed E-state index contributed by atoms with van der Waals surface area (Å²) < 4.78 is 0. The lowest BCUT2D eigenvalue weighted by molar-refractivity contribution is 0.0256. The Morgan fingerprint density at radius 1 is 1.36 bits per heavy atom.